The van der Waals surface area contributed by atoms with Gasteiger partial charge in [-0.15, -0.1) is 10.2 Å². The Kier molecular flexibility index (Phi) is 5.06. The molecule has 9 heteroatoms. The van der Waals surface area contributed by atoms with Crippen LogP contribution in [0.5, 0.6) is 0 Å². The van der Waals surface area contributed by atoms with Crippen molar-refractivity contribution in [3.63, 3.8) is 0 Å². The minimum Gasteiger partial charge on any atom is -0.349 e. The first-order valence-electron chi connectivity index (χ1n) is 11.3. The number of pyridine rings is 1. The minimum atomic E-state index is -0.0697. The summed E-state index contributed by atoms with van der Waals surface area (Å²) in [5.41, 5.74) is 2.13. The molecule has 0 unspecified atom stereocenters. The largest absolute Gasteiger partial charge is 0.349 e. The first-order chi connectivity index (χ1) is 16.6. The molecule has 0 spiro atoms. The van der Waals surface area contributed by atoms with E-state index in [9.17, 15) is 9.59 Å². The lowest BCUT2D eigenvalue weighted by molar-refractivity contribution is 0.0952. The van der Waals surface area contributed by atoms with Gasteiger partial charge < -0.3 is 5.32 Å². The van der Waals surface area contributed by atoms with Crippen LogP contribution in [-0.2, 0) is 12.3 Å². The average molecular weight is 471 g/mol. The van der Waals surface area contributed by atoms with Gasteiger partial charge in [0.1, 0.15) is 5.82 Å². The molecule has 1 saturated carbocycles. The number of carbonyl (C=O) groups excluding carboxylic acids is 1. The molecule has 1 amide bonds. The van der Waals surface area contributed by atoms with Crippen molar-refractivity contribution in [3.8, 4) is 0 Å². The molecule has 3 aromatic heterocycles. The number of rotatable bonds is 6. The third-order valence-corrected chi connectivity index (χ3v) is 7.00. The lowest BCUT2D eigenvalue weighted by Gasteiger charge is -2.11. The van der Waals surface area contributed by atoms with Crippen molar-refractivity contribution < 1.29 is 4.79 Å². The van der Waals surface area contributed by atoms with Crippen molar-refractivity contribution >= 4 is 45.3 Å². The van der Waals surface area contributed by atoms with E-state index in [2.05, 4.69) is 15.5 Å². The van der Waals surface area contributed by atoms with E-state index in [-0.39, 0.29) is 17.5 Å². The molecule has 1 aliphatic rings. The van der Waals surface area contributed by atoms with Gasteiger partial charge in [0.05, 0.1) is 32.8 Å². The lowest BCUT2D eigenvalue weighted by atomic mass is 10.1. The van der Waals surface area contributed by atoms with E-state index in [0.717, 1.165) is 40.1 Å². The summed E-state index contributed by atoms with van der Waals surface area (Å²) in [7, 11) is 0. The number of fused-ring (bicyclic) bond motifs is 4. The van der Waals surface area contributed by atoms with Crippen molar-refractivity contribution in [1.29, 1.82) is 0 Å². The monoisotopic (exact) mass is 470 g/mol. The van der Waals surface area contributed by atoms with Gasteiger partial charge >= 0.3 is 0 Å². The Balaban J connectivity index is 1.40. The minimum absolute atomic E-state index is 0.0613. The third-order valence-electron chi connectivity index (χ3n) is 6.09. The maximum atomic E-state index is 12.9. The van der Waals surface area contributed by atoms with Gasteiger partial charge in [-0.1, -0.05) is 42.1 Å². The molecule has 8 nitrogen and oxygen atoms in total. The predicted molar refractivity (Wildman–Crippen MR) is 132 cm³/mol. The van der Waals surface area contributed by atoms with Crippen LogP contribution in [0.25, 0.3) is 27.6 Å². The van der Waals surface area contributed by atoms with Crippen molar-refractivity contribution in [1.82, 2.24) is 29.5 Å². The number of carbonyl (C=O) groups is 1. The Hall–Kier alpha value is -3.72. The second-order valence-corrected chi connectivity index (χ2v) is 9.38. The lowest BCUT2D eigenvalue weighted by Crippen LogP contribution is -2.25. The second-order valence-electron chi connectivity index (χ2n) is 8.38. The van der Waals surface area contributed by atoms with Crippen LogP contribution >= 0.6 is 11.8 Å². The summed E-state index contributed by atoms with van der Waals surface area (Å²) in [4.78, 5) is 30.6. The molecule has 170 valence electrons. The maximum Gasteiger partial charge on any atom is 0.262 e. The zero-order chi connectivity index (χ0) is 23.2. The number of nitrogens with zero attached hydrogens (tertiary/aromatic N) is 5. The smallest absolute Gasteiger partial charge is 0.262 e. The molecular weight excluding hydrogens is 448 g/mol. The Morgan fingerprint density at radius 2 is 1.85 bits per heavy atom. The molecule has 1 fully saturated rings. The van der Waals surface area contributed by atoms with Crippen LogP contribution in [0.3, 0.4) is 0 Å². The number of hydrogen-bond acceptors (Lipinski definition) is 6. The molecule has 5 aromatic rings. The van der Waals surface area contributed by atoms with Crippen LogP contribution in [-0.4, -0.2) is 36.1 Å². The van der Waals surface area contributed by atoms with Crippen LogP contribution in [0.15, 0.2) is 64.4 Å². The maximum absolute atomic E-state index is 12.9. The molecule has 1 aliphatic carbocycles. The highest BCUT2D eigenvalue weighted by Gasteiger charge is 2.25. The molecule has 0 bridgehead atoms. The Morgan fingerprint density at radius 1 is 1.09 bits per heavy atom. The van der Waals surface area contributed by atoms with Gasteiger partial charge in [0.25, 0.3) is 11.5 Å². The van der Waals surface area contributed by atoms with Crippen molar-refractivity contribution in [2.45, 2.75) is 43.1 Å². The predicted octanol–water partition coefficient (Wildman–Crippen LogP) is 3.80. The number of para-hydroxylation sites is 2. The number of aromatic nitrogens is 5. The summed E-state index contributed by atoms with van der Waals surface area (Å²) < 4.78 is 3.58. The molecule has 6 rings (SSSR count). The van der Waals surface area contributed by atoms with Crippen LogP contribution in [0.4, 0.5) is 0 Å². The quantitative estimate of drug-likeness (QED) is 0.380. The van der Waals surface area contributed by atoms with Crippen LogP contribution in [0.1, 0.15) is 35.9 Å². The van der Waals surface area contributed by atoms with Crippen LogP contribution in [0.2, 0.25) is 0 Å². The molecule has 3 heterocycles. The van der Waals surface area contributed by atoms with Crippen LogP contribution < -0.4 is 10.9 Å². The summed E-state index contributed by atoms with van der Waals surface area (Å²) in [6.45, 7) is 2.43. The van der Waals surface area contributed by atoms with Gasteiger partial charge in [-0.05, 0) is 44.0 Å². The first-order valence-corrected chi connectivity index (χ1v) is 12.3. The van der Waals surface area contributed by atoms with Gasteiger partial charge in [0.15, 0.2) is 0 Å². The number of amides is 1. The van der Waals surface area contributed by atoms with E-state index >= 15 is 0 Å². The fraction of sp³-hybridized carbons (Fsp3) is 0.240. The van der Waals surface area contributed by atoms with Crippen molar-refractivity contribution in [2.24, 2.45) is 0 Å². The third kappa shape index (κ3) is 3.52. The van der Waals surface area contributed by atoms with E-state index in [0.29, 0.717) is 29.0 Å². The highest BCUT2D eigenvalue weighted by Crippen LogP contribution is 2.28. The Morgan fingerprint density at radius 3 is 2.65 bits per heavy atom. The number of hydrogen-bond donors (Lipinski definition) is 1. The van der Waals surface area contributed by atoms with E-state index in [1.165, 1.54) is 11.8 Å². The summed E-state index contributed by atoms with van der Waals surface area (Å²) in [6, 6.07) is 17.3. The number of thioether (sulfide) groups is 1. The van der Waals surface area contributed by atoms with Gasteiger partial charge in [0.2, 0.25) is 5.78 Å². The van der Waals surface area contributed by atoms with Crippen molar-refractivity contribution in [2.75, 3.05) is 0 Å². The van der Waals surface area contributed by atoms with E-state index in [1.54, 1.807) is 4.57 Å². The number of nitrogens with one attached hydrogen (secondary N) is 1. The highest BCUT2D eigenvalue weighted by molar-refractivity contribution is 7.98. The fourth-order valence-corrected chi connectivity index (χ4v) is 5.06. The molecular formula is C25H22N6O2S. The molecule has 0 atom stereocenters. The van der Waals surface area contributed by atoms with Gasteiger partial charge in [0, 0.05) is 18.0 Å². The standard InChI is InChI=1S/C25H22N6O2S/c1-2-30-24(33)17-8-4-6-10-20(17)31-21(28-29-25(30)31)14-34-22-13-18(23(32)26-15-11-12-15)16-7-3-5-9-19(16)27-22/h3-10,13,15H,2,11-12,14H2,1H3,(H,26,32). The second kappa shape index (κ2) is 8.25. The molecule has 1 N–H and O–H groups in total. The molecule has 0 radical (unpaired) electrons. The molecule has 34 heavy (non-hydrogen) atoms. The zero-order valence-electron chi connectivity index (χ0n) is 18.6. The Labute approximate surface area is 199 Å². The number of aryl methyl sites for hydroxylation is 1. The summed E-state index contributed by atoms with van der Waals surface area (Å²) in [5, 5.41) is 14.0. The Bertz CT molecular complexity index is 1640. The topological polar surface area (TPSA) is 94.2 Å². The SMILES string of the molecule is CCn1c(=O)c2ccccc2n2c(CSc3cc(C(=O)NC4CC4)c4ccccc4n3)nnc12. The summed E-state index contributed by atoms with van der Waals surface area (Å²) in [6.07, 6.45) is 2.07. The van der Waals surface area contributed by atoms with Crippen LogP contribution in [0, 0.1) is 0 Å². The normalized spacial score (nSPS) is 13.7. The van der Waals surface area contributed by atoms with Gasteiger partial charge in [-0.3, -0.25) is 18.6 Å². The highest BCUT2D eigenvalue weighted by atomic mass is 32.2. The van der Waals surface area contributed by atoms with Gasteiger partial charge in [-0.25, -0.2) is 4.98 Å². The summed E-state index contributed by atoms with van der Waals surface area (Å²) >= 11 is 1.50. The average Bonchev–Trinajstić information content (AvgIpc) is 3.58. The fourth-order valence-electron chi connectivity index (χ4n) is 4.24. The van der Waals surface area contributed by atoms with E-state index < -0.39 is 0 Å². The van der Waals surface area contributed by atoms with E-state index in [1.807, 2.05) is 65.9 Å². The first kappa shape index (κ1) is 20.9. The number of benzene rings is 2. The molecule has 0 saturated heterocycles. The van der Waals surface area contributed by atoms with Gasteiger partial charge in [-0.2, -0.15) is 0 Å². The molecule has 2 aromatic carbocycles. The van der Waals surface area contributed by atoms with Crippen molar-refractivity contribution in [3.05, 3.63) is 76.3 Å². The summed E-state index contributed by atoms with van der Waals surface area (Å²) in [5.74, 6) is 1.67. The zero-order valence-corrected chi connectivity index (χ0v) is 19.4. The van der Waals surface area contributed by atoms with E-state index in [4.69, 9.17) is 4.98 Å². The molecule has 0 aliphatic heterocycles.